The topological polar surface area (TPSA) is 205 Å². The van der Waals surface area contributed by atoms with Crippen LogP contribution in [0, 0.1) is 17.8 Å². The predicted molar refractivity (Wildman–Crippen MR) is 309 cm³/mol. The largest absolute Gasteiger partial charge is 0.431 e. The molecule has 0 fully saturated rings. The number of aromatic amines is 3. The molecule has 3 aromatic heterocycles. The number of aromatic nitrogens is 3. The molecule has 15 nitrogen and oxygen atoms in total. The number of benzene rings is 3. The van der Waals surface area contributed by atoms with E-state index in [-0.39, 0.29) is 87.4 Å². The maximum Gasteiger partial charge on any atom is 0.431 e. The number of H-pyrrole nitrogens is 3. The summed E-state index contributed by atoms with van der Waals surface area (Å²) in [7, 11) is 6.03. The molecule has 0 unspecified atom stereocenters. The molecule has 12 rings (SSSR count). The molecule has 0 saturated heterocycles. The first-order valence-corrected chi connectivity index (χ1v) is 27.9. The van der Waals surface area contributed by atoms with Gasteiger partial charge in [0.1, 0.15) is 5.69 Å². The highest BCUT2D eigenvalue weighted by Gasteiger charge is 2.43. The van der Waals surface area contributed by atoms with Gasteiger partial charge in [0.05, 0.1) is 55.7 Å². The summed E-state index contributed by atoms with van der Waals surface area (Å²) in [6.07, 6.45) is 10.3. The van der Waals surface area contributed by atoms with Crippen LogP contribution in [0.1, 0.15) is 86.5 Å². The Kier molecular flexibility index (Phi) is 17.4. The van der Waals surface area contributed by atoms with E-state index < -0.39 is 17.8 Å². The number of hydrogen-bond donors (Lipinski definition) is 9. The Morgan fingerprint density at radius 2 is 0.912 bits per heavy atom. The molecule has 6 aromatic rings. The lowest BCUT2D eigenvalue weighted by molar-refractivity contribution is -0.141. The number of fused-ring (bicyclic) bond motifs is 6. The maximum absolute atomic E-state index is 13.6. The first-order chi connectivity index (χ1) is 38.0. The van der Waals surface area contributed by atoms with Crippen LogP contribution in [0.4, 0.5) is 13.2 Å². The zero-order chi connectivity index (χ0) is 56.0. The van der Waals surface area contributed by atoms with Crippen LogP contribution in [0.5, 0.6) is 0 Å². The lowest BCUT2D eigenvalue weighted by atomic mass is 9.79. The lowest BCUT2D eigenvalue weighted by Gasteiger charge is -2.40. The van der Waals surface area contributed by atoms with E-state index in [1.165, 1.54) is 44.2 Å². The zero-order valence-corrected chi connectivity index (χ0v) is 45.8. The average molecular weight is 1100 g/mol. The standard InChI is InChI=1S/C21H24F3N3O2.2C20H25N3O2.CH4/c1-3-12(10-28)25-20(29)11-7-14-13-5-4-6-16-18(13)15(8-17(14)27(2)9-11)19(26-16)21(22,23)24;2*1-3-14(11-24)22-20(25)13-7-16-15-5-4-6-17-19(15)12(9-21-17)8-18(16)23(2)10-13;/h4-7,11-12,17,26,28H,3,8-10H2,1-2H3,(H,25,29);2*4-7,9,13-14,18,21,24H,3,8,10-11H2,1-2H3,(H,22,25);1H4/t11-,12+,17-;2*13-,14+,18-;/m111./s1. The second-order valence-corrected chi connectivity index (χ2v) is 22.3. The van der Waals surface area contributed by atoms with Gasteiger partial charge in [-0.1, -0.05) is 82.8 Å². The third-order valence-corrected chi connectivity index (χ3v) is 17.4. The number of aliphatic hydroxyl groups is 3. The molecule has 9 N–H and O–H groups in total. The average Bonchev–Trinajstić information content (AvgIpc) is 4.30. The molecule has 9 atom stereocenters. The van der Waals surface area contributed by atoms with Crippen LogP contribution in [0.15, 0.2) is 85.2 Å². The van der Waals surface area contributed by atoms with Gasteiger partial charge in [-0.3, -0.25) is 29.1 Å². The van der Waals surface area contributed by atoms with Crippen LogP contribution >= 0.6 is 0 Å². The van der Waals surface area contributed by atoms with Crippen LogP contribution < -0.4 is 16.0 Å². The summed E-state index contributed by atoms with van der Waals surface area (Å²) >= 11 is 0. The van der Waals surface area contributed by atoms with Crippen molar-refractivity contribution in [2.75, 3.05) is 60.6 Å². The van der Waals surface area contributed by atoms with E-state index in [0.29, 0.717) is 54.6 Å². The first-order valence-electron chi connectivity index (χ1n) is 27.9. The fraction of sp³-hybridized carbons (Fsp3) is 0.468. The molecular weight excluding hydrogens is 1020 g/mol. The number of amides is 3. The van der Waals surface area contributed by atoms with Crippen molar-refractivity contribution in [1.82, 2.24) is 45.6 Å². The highest BCUT2D eigenvalue weighted by atomic mass is 19.4. The van der Waals surface area contributed by atoms with Gasteiger partial charge >= 0.3 is 6.18 Å². The summed E-state index contributed by atoms with van der Waals surface area (Å²) in [6, 6.07) is 17.7. The number of hydrogen-bond acceptors (Lipinski definition) is 9. The Morgan fingerprint density at radius 1 is 0.562 bits per heavy atom. The molecule has 3 aromatic carbocycles. The molecule has 428 valence electrons. The highest BCUT2D eigenvalue weighted by Crippen LogP contribution is 2.47. The molecule has 0 bridgehead atoms. The minimum Gasteiger partial charge on any atom is -0.394 e. The summed E-state index contributed by atoms with van der Waals surface area (Å²) in [5.41, 5.74) is 11.7. The van der Waals surface area contributed by atoms with Crippen LogP contribution in [0.25, 0.3) is 49.4 Å². The fourth-order valence-electron chi connectivity index (χ4n) is 12.9. The summed E-state index contributed by atoms with van der Waals surface area (Å²) in [5.74, 6) is -0.965. The van der Waals surface area contributed by atoms with Gasteiger partial charge < -0.3 is 46.2 Å². The third kappa shape index (κ3) is 11.0. The number of alkyl halides is 3. The van der Waals surface area contributed by atoms with Gasteiger partial charge in [-0.2, -0.15) is 13.2 Å². The molecule has 3 amide bonds. The number of nitrogens with one attached hydrogen (secondary N) is 6. The van der Waals surface area contributed by atoms with Crippen molar-refractivity contribution in [2.45, 2.75) is 109 Å². The number of rotatable bonds is 12. The van der Waals surface area contributed by atoms with Crippen molar-refractivity contribution >= 4 is 67.1 Å². The molecule has 6 heterocycles. The molecule has 0 spiro atoms. The molecular formula is C62H78F3N9O6. The van der Waals surface area contributed by atoms with Gasteiger partial charge in [0.15, 0.2) is 0 Å². The van der Waals surface area contributed by atoms with Gasteiger partial charge in [-0.05, 0) is 128 Å². The predicted octanol–water partition coefficient (Wildman–Crippen LogP) is 7.43. The van der Waals surface area contributed by atoms with Crippen molar-refractivity contribution in [1.29, 1.82) is 0 Å². The SMILES string of the molecule is C.CC[C@@H](CO)NC(=O)[C@@H]1C=C2c3cccc4[nH]c(C(F)(F)F)c(c34)C[C@H]2N(C)C1.CC[C@@H](CO)NC(=O)[C@@H]1C=C2c3cccc4[nH]cc(c34)C[C@H]2N(C)C1.CC[C@@H](CO)NC(=O)[C@@H]1C=C2c3cccc4[nH]cc(c34)C[C@H]2N(C)C1. The smallest absolute Gasteiger partial charge is 0.394 e. The summed E-state index contributed by atoms with van der Waals surface area (Å²) < 4.78 is 40.7. The van der Waals surface area contributed by atoms with Crippen molar-refractivity contribution in [3.8, 4) is 0 Å². The molecule has 80 heavy (non-hydrogen) atoms. The Bertz CT molecular complexity index is 3200. The minimum atomic E-state index is -4.44. The Balaban J connectivity index is 0.000000145. The molecule has 18 heteroatoms. The van der Waals surface area contributed by atoms with E-state index in [1.54, 1.807) is 12.1 Å². The fourth-order valence-corrected chi connectivity index (χ4v) is 12.9. The van der Waals surface area contributed by atoms with Crippen LogP contribution in [-0.2, 0) is 39.8 Å². The van der Waals surface area contributed by atoms with Crippen LogP contribution in [0.2, 0.25) is 0 Å². The van der Waals surface area contributed by atoms with E-state index in [0.717, 1.165) is 47.9 Å². The molecule has 6 aliphatic rings. The monoisotopic (exact) mass is 1100 g/mol. The van der Waals surface area contributed by atoms with E-state index in [1.807, 2.05) is 44.9 Å². The minimum absolute atomic E-state index is 0. The summed E-state index contributed by atoms with van der Waals surface area (Å²) in [6.45, 7) is 7.49. The summed E-state index contributed by atoms with van der Waals surface area (Å²) in [5, 5.41) is 40.1. The number of aliphatic hydroxyl groups excluding tert-OH is 3. The number of carbonyl (C=O) groups excluding carboxylic acids is 3. The number of likely N-dealkylation sites (N-methyl/N-ethyl adjacent to an activating group) is 3. The van der Waals surface area contributed by atoms with Crippen molar-refractivity contribution in [3.05, 3.63) is 124 Å². The lowest BCUT2D eigenvalue weighted by Crippen LogP contribution is -2.48. The second-order valence-electron chi connectivity index (χ2n) is 22.3. The van der Waals surface area contributed by atoms with Gasteiger partial charge in [-0.25, -0.2) is 0 Å². The van der Waals surface area contributed by atoms with Gasteiger partial charge in [0, 0.05) is 82.9 Å². The molecule has 0 saturated carbocycles. The number of carbonyl (C=O) groups is 3. The van der Waals surface area contributed by atoms with E-state index in [4.69, 9.17) is 0 Å². The highest BCUT2D eigenvalue weighted by molar-refractivity contribution is 6.02. The van der Waals surface area contributed by atoms with E-state index in [9.17, 15) is 42.9 Å². The van der Waals surface area contributed by atoms with E-state index in [2.05, 4.69) is 116 Å². The van der Waals surface area contributed by atoms with Crippen LogP contribution in [-0.4, -0.2) is 160 Å². The first kappa shape index (κ1) is 58.1. The number of nitrogens with zero attached hydrogens (tertiary/aromatic N) is 3. The van der Waals surface area contributed by atoms with Gasteiger partial charge in [0.2, 0.25) is 17.7 Å². The molecule has 3 aliphatic carbocycles. The molecule has 0 radical (unpaired) electrons. The quantitative estimate of drug-likeness (QED) is 0.0597. The summed E-state index contributed by atoms with van der Waals surface area (Å²) in [4.78, 5) is 53.9. The van der Waals surface area contributed by atoms with Crippen molar-refractivity contribution in [3.63, 3.8) is 0 Å². The van der Waals surface area contributed by atoms with Crippen molar-refractivity contribution in [2.24, 2.45) is 17.8 Å². The zero-order valence-electron chi connectivity index (χ0n) is 45.8. The van der Waals surface area contributed by atoms with Crippen LogP contribution in [0.3, 0.4) is 0 Å². The Labute approximate surface area is 465 Å². The third-order valence-electron chi connectivity index (χ3n) is 17.4. The number of halogens is 3. The Hall–Kier alpha value is -6.54. The van der Waals surface area contributed by atoms with E-state index >= 15 is 0 Å². The van der Waals surface area contributed by atoms with Crippen molar-refractivity contribution < 1.29 is 42.9 Å². The molecule has 3 aliphatic heterocycles. The van der Waals surface area contributed by atoms with Gasteiger partial charge in [-0.15, -0.1) is 0 Å². The second kappa shape index (κ2) is 23.9. The maximum atomic E-state index is 13.6. The Morgan fingerprint density at radius 3 is 1.26 bits per heavy atom. The van der Waals surface area contributed by atoms with Gasteiger partial charge in [0.25, 0.3) is 0 Å². The normalized spacial score (nSPS) is 23.2.